The topological polar surface area (TPSA) is 75.4 Å². The number of nitrogens with zero attached hydrogens (tertiary/aromatic N) is 1. The Balaban J connectivity index is 2.58. The number of carboxylic acids is 1. The van der Waals surface area contributed by atoms with E-state index in [-0.39, 0.29) is 5.69 Å². The van der Waals surface area contributed by atoms with Crippen molar-refractivity contribution in [2.75, 3.05) is 6.54 Å². The molecule has 0 unspecified atom stereocenters. The molecule has 12 heavy (non-hydrogen) atoms. The standard InChI is InChI=1S/C7H10N2O3/c1-2-8-4-5-3-6(7(10)11)9-12-5/h3,8H,2,4H2,1H3,(H,10,11). The van der Waals surface area contributed by atoms with Gasteiger partial charge in [0.1, 0.15) is 0 Å². The second-order valence-corrected chi connectivity index (χ2v) is 2.26. The third-order valence-corrected chi connectivity index (χ3v) is 1.33. The van der Waals surface area contributed by atoms with Crippen LogP contribution in [0.5, 0.6) is 0 Å². The first-order valence-electron chi connectivity index (χ1n) is 3.63. The molecular formula is C7H10N2O3. The fraction of sp³-hybridized carbons (Fsp3) is 0.429. The van der Waals surface area contributed by atoms with Gasteiger partial charge in [-0.25, -0.2) is 4.79 Å². The van der Waals surface area contributed by atoms with Crippen molar-refractivity contribution < 1.29 is 14.4 Å². The average Bonchev–Trinajstić information content (AvgIpc) is 2.48. The Morgan fingerprint density at radius 2 is 2.58 bits per heavy atom. The van der Waals surface area contributed by atoms with E-state index < -0.39 is 5.97 Å². The van der Waals surface area contributed by atoms with Gasteiger partial charge in [0, 0.05) is 6.07 Å². The van der Waals surface area contributed by atoms with E-state index in [4.69, 9.17) is 9.63 Å². The molecular weight excluding hydrogens is 160 g/mol. The van der Waals surface area contributed by atoms with E-state index in [1.165, 1.54) is 6.07 Å². The summed E-state index contributed by atoms with van der Waals surface area (Å²) in [4.78, 5) is 10.3. The molecule has 1 aromatic rings. The molecule has 0 bridgehead atoms. The van der Waals surface area contributed by atoms with Gasteiger partial charge in [-0.2, -0.15) is 0 Å². The van der Waals surface area contributed by atoms with E-state index in [9.17, 15) is 4.79 Å². The molecule has 0 saturated carbocycles. The Bertz CT molecular complexity index is 269. The van der Waals surface area contributed by atoms with Crippen molar-refractivity contribution in [3.8, 4) is 0 Å². The van der Waals surface area contributed by atoms with Crippen molar-refractivity contribution in [2.45, 2.75) is 13.5 Å². The van der Waals surface area contributed by atoms with Gasteiger partial charge < -0.3 is 14.9 Å². The first kappa shape index (κ1) is 8.73. The molecule has 0 spiro atoms. The van der Waals surface area contributed by atoms with Gasteiger partial charge in [-0.05, 0) is 6.54 Å². The predicted octanol–water partition coefficient (Wildman–Crippen LogP) is 0.482. The van der Waals surface area contributed by atoms with E-state index in [0.29, 0.717) is 12.3 Å². The van der Waals surface area contributed by atoms with Crippen LogP contribution in [0.2, 0.25) is 0 Å². The van der Waals surface area contributed by atoms with Crippen LogP contribution >= 0.6 is 0 Å². The van der Waals surface area contributed by atoms with E-state index in [2.05, 4.69) is 10.5 Å². The molecule has 0 aliphatic rings. The summed E-state index contributed by atoms with van der Waals surface area (Å²) in [7, 11) is 0. The van der Waals surface area contributed by atoms with E-state index >= 15 is 0 Å². The highest BCUT2D eigenvalue weighted by Crippen LogP contribution is 2.02. The first-order valence-corrected chi connectivity index (χ1v) is 3.63. The van der Waals surface area contributed by atoms with Gasteiger partial charge >= 0.3 is 5.97 Å². The molecule has 0 aliphatic carbocycles. The molecule has 0 radical (unpaired) electrons. The second kappa shape index (κ2) is 3.87. The van der Waals surface area contributed by atoms with Crippen molar-refractivity contribution in [3.63, 3.8) is 0 Å². The highest BCUT2D eigenvalue weighted by atomic mass is 16.5. The molecule has 5 heteroatoms. The summed E-state index contributed by atoms with van der Waals surface area (Å²) in [5, 5.41) is 14.8. The minimum atomic E-state index is -1.07. The Morgan fingerprint density at radius 1 is 1.83 bits per heavy atom. The van der Waals surface area contributed by atoms with Crippen LogP contribution < -0.4 is 5.32 Å². The fourth-order valence-electron chi connectivity index (χ4n) is 0.745. The van der Waals surface area contributed by atoms with E-state index in [1.807, 2.05) is 6.92 Å². The molecule has 0 aromatic carbocycles. The summed E-state index contributed by atoms with van der Waals surface area (Å²) in [5.74, 6) is -0.532. The lowest BCUT2D eigenvalue weighted by Crippen LogP contribution is -2.10. The van der Waals surface area contributed by atoms with E-state index in [0.717, 1.165) is 6.54 Å². The quantitative estimate of drug-likeness (QED) is 0.687. The summed E-state index contributed by atoms with van der Waals surface area (Å²) < 4.78 is 4.73. The van der Waals surface area contributed by atoms with Crippen LogP contribution in [-0.4, -0.2) is 22.8 Å². The van der Waals surface area contributed by atoms with Gasteiger partial charge in [-0.3, -0.25) is 0 Å². The number of rotatable bonds is 4. The third kappa shape index (κ3) is 2.06. The van der Waals surface area contributed by atoms with Gasteiger partial charge in [0.05, 0.1) is 6.54 Å². The van der Waals surface area contributed by atoms with Gasteiger partial charge in [-0.1, -0.05) is 12.1 Å². The SMILES string of the molecule is CCNCc1cc(C(=O)O)no1. The molecule has 1 heterocycles. The van der Waals surface area contributed by atoms with E-state index in [1.54, 1.807) is 0 Å². The number of hydrogen-bond acceptors (Lipinski definition) is 4. The van der Waals surface area contributed by atoms with Crippen LogP contribution in [0.3, 0.4) is 0 Å². The van der Waals surface area contributed by atoms with Crippen LogP contribution in [-0.2, 0) is 6.54 Å². The summed E-state index contributed by atoms with van der Waals surface area (Å²) in [6, 6.07) is 1.41. The summed E-state index contributed by atoms with van der Waals surface area (Å²) in [5.41, 5.74) is -0.0529. The monoisotopic (exact) mass is 170 g/mol. The van der Waals surface area contributed by atoms with Gasteiger partial charge in [-0.15, -0.1) is 0 Å². The number of hydrogen-bond donors (Lipinski definition) is 2. The molecule has 5 nitrogen and oxygen atoms in total. The lowest BCUT2D eigenvalue weighted by Gasteiger charge is -1.92. The lowest BCUT2D eigenvalue weighted by atomic mass is 10.3. The third-order valence-electron chi connectivity index (χ3n) is 1.33. The molecule has 2 N–H and O–H groups in total. The van der Waals surface area contributed by atoms with Crippen molar-refractivity contribution >= 4 is 5.97 Å². The second-order valence-electron chi connectivity index (χ2n) is 2.26. The molecule has 0 saturated heterocycles. The highest BCUT2D eigenvalue weighted by Gasteiger charge is 2.09. The maximum absolute atomic E-state index is 10.3. The van der Waals surface area contributed by atoms with Crippen LogP contribution in [0.4, 0.5) is 0 Å². The Hall–Kier alpha value is -1.36. The van der Waals surface area contributed by atoms with Crippen LogP contribution in [0.1, 0.15) is 23.2 Å². The predicted molar refractivity (Wildman–Crippen MR) is 40.8 cm³/mol. The molecule has 0 fully saturated rings. The smallest absolute Gasteiger partial charge is 0.358 e. The number of aromatic nitrogens is 1. The number of carboxylic acid groups (broad SMARTS) is 1. The van der Waals surface area contributed by atoms with Crippen molar-refractivity contribution in [1.29, 1.82) is 0 Å². The van der Waals surface area contributed by atoms with Crippen molar-refractivity contribution in [2.24, 2.45) is 0 Å². The van der Waals surface area contributed by atoms with Gasteiger partial charge in [0.15, 0.2) is 11.5 Å². The Morgan fingerprint density at radius 3 is 3.08 bits per heavy atom. The zero-order valence-corrected chi connectivity index (χ0v) is 6.70. The first-order chi connectivity index (χ1) is 5.74. The average molecular weight is 170 g/mol. The normalized spacial score (nSPS) is 10.1. The van der Waals surface area contributed by atoms with Crippen LogP contribution in [0, 0.1) is 0 Å². The molecule has 1 aromatic heterocycles. The Kier molecular flexibility index (Phi) is 2.82. The van der Waals surface area contributed by atoms with Crippen molar-refractivity contribution in [1.82, 2.24) is 10.5 Å². The number of carbonyl (C=O) groups is 1. The van der Waals surface area contributed by atoms with Gasteiger partial charge in [0.25, 0.3) is 0 Å². The number of nitrogens with one attached hydrogen (secondary N) is 1. The number of aromatic carboxylic acids is 1. The van der Waals surface area contributed by atoms with Crippen LogP contribution in [0.25, 0.3) is 0 Å². The zero-order chi connectivity index (χ0) is 8.97. The largest absolute Gasteiger partial charge is 0.476 e. The molecule has 0 amide bonds. The minimum Gasteiger partial charge on any atom is -0.476 e. The minimum absolute atomic E-state index is 0.0529. The summed E-state index contributed by atoms with van der Waals surface area (Å²) in [6.07, 6.45) is 0. The highest BCUT2D eigenvalue weighted by molar-refractivity contribution is 5.85. The maximum atomic E-state index is 10.3. The Labute approximate surface area is 69.4 Å². The molecule has 0 aliphatic heterocycles. The maximum Gasteiger partial charge on any atom is 0.358 e. The van der Waals surface area contributed by atoms with Crippen molar-refractivity contribution in [3.05, 3.63) is 17.5 Å². The molecule has 0 atom stereocenters. The fourth-order valence-corrected chi connectivity index (χ4v) is 0.745. The zero-order valence-electron chi connectivity index (χ0n) is 6.70. The summed E-state index contributed by atoms with van der Waals surface area (Å²) in [6.45, 7) is 3.27. The van der Waals surface area contributed by atoms with Gasteiger partial charge in [0.2, 0.25) is 0 Å². The van der Waals surface area contributed by atoms with Crippen LogP contribution in [0.15, 0.2) is 10.6 Å². The molecule has 66 valence electrons. The molecule has 1 rings (SSSR count). The lowest BCUT2D eigenvalue weighted by molar-refractivity contribution is 0.0685. The summed E-state index contributed by atoms with van der Waals surface area (Å²) >= 11 is 0.